The largest absolute Gasteiger partial charge is 0.0508 e. The van der Waals surface area contributed by atoms with Gasteiger partial charge < -0.3 is 0 Å². The first kappa shape index (κ1) is 6.62. The van der Waals surface area contributed by atoms with Crippen molar-refractivity contribution in [3.05, 3.63) is 44.4 Å². The van der Waals surface area contributed by atoms with E-state index < -0.39 is 0 Å². The van der Waals surface area contributed by atoms with Gasteiger partial charge in [-0.05, 0) is 35.5 Å². The van der Waals surface area contributed by atoms with Crippen LogP contribution >= 0.6 is 31.9 Å². The monoisotopic (exact) mass is 258 g/mol. The summed E-state index contributed by atoms with van der Waals surface area (Å²) in [6, 6.07) is 0. The number of hydrogen-bond acceptors (Lipinski definition) is 0. The van der Waals surface area contributed by atoms with Gasteiger partial charge in [-0.3, -0.25) is 0 Å². The van der Waals surface area contributed by atoms with Crippen LogP contribution in [0.2, 0.25) is 0 Å². The molecule has 10 heavy (non-hydrogen) atoms. The minimum absolute atomic E-state index is 1.16. The molecule has 0 bridgehead atoms. The molecule has 2 heteroatoms. The predicted octanol–water partition coefficient (Wildman–Crippen LogP) is 3.42. The zero-order chi connectivity index (χ0) is 7.14. The summed E-state index contributed by atoms with van der Waals surface area (Å²) in [5.41, 5.74) is 2.58. The number of rotatable bonds is 0. The Kier molecular flexibility index (Phi) is 1.46. The molecule has 0 aromatic carbocycles. The molecule has 0 aromatic heterocycles. The Morgan fingerprint density at radius 1 is 0.700 bits per heavy atom. The molecule has 0 spiro atoms. The van der Waals surface area contributed by atoms with Crippen molar-refractivity contribution < 1.29 is 0 Å². The normalized spacial score (nSPS) is 21.4. The molecule has 0 aliphatic heterocycles. The van der Waals surface area contributed by atoms with Crippen molar-refractivity contribution in [3.8, 4) is 0 Å². The summed E-state index contributed by atoms with van der Waals surface area (Å²) in [4.78, 5) is 0. The first-order chi connectivity index (χ1) is 4.75. The average Bonchev–Trinajstić information content (AvgIpc) is 2.21. The molecule has 0 nitrogen and oxygen atoms in total. The molecule has 0 heterocycles. The molecule has 0 fully saturated rings. The molecular formula is C8H4Br2. The maximum atomic E-state index is 3.41. The summed E-state index contributed by atoms with van der Waals surface area (Å²) in [7, 11) is 0. The van der Waals surface area contributed by atoms with Crippen LogP contribution in [0.4, 0.5) is 0 Å². The highest BCUT2D eigenvalue weighted by Gasteiger charge is 2.13. The Labute approximate surface area is 76.3 Å². The van der Waals surface area contributed by atoms with Crippen LogP contribution in [0.1, 0.15) is 0 Å². The third-order valence-corrected chi connectivity index (χ3v) is 2.42. The quantitative estimate of drug-likeness (QED) is 0.625. The van der Waals surface area contributed by atoms with E-state index in [1.807, 2.05) is 0 Å². The molecule has 2 aliphatic rings. The molecule has 50 valence electrons. The highest BCUT2D eigenvalue weighted by atomic mass is 79.9. The SMILES string of the molecule is BrC1=CC2=CC(Br)=CC2=C1. The molecule has 0 unspecified atom stereocenters. The first-order valence-electron chi connectivity index (χ1n) is 2.94. The lowest BCUT2D eigenvalue weighted by atomic mass is 10.2. The van der Waals surface area contributed by atoms with Crippen LogP contribution in [0, 0.1) is 0 Å². The standard InChI is InChI=1S/C8H4Br2/c9-7-1-5-2-8(10)4-6(5)3-7/h1-4H. The summed E-state index contributed by atoms with van der Waals surface area (Å²) in [5.74, 6) is 0. The van der Waals surface area contributed by atoms with Crippen molar-refractivity contribution >= 4 is 31.9 Å². The van der Waals surface area contributed by atoms with E-state index in [2.05, 4.69) is 56.2 Å². The fourth-order valence-electron chi connectivity index (χ4n) is 1.09. The van der Waals surface area contributed by atoms with Gasteiger partial charge in [0.2, 0.25) is 0 Å². The topological polar surface area (TPSA) is 0 Å². The Morgan fingerprint density at radius 3 is 1.50 bits per heavy atom. The Morgan fingerprint density at radius 2 is 1.10 bits per heavy atom. The van der Waals surface area contributed by atoms with Gasteiger partial charge in [-0.1, -0.05) is 31.9 Å². The van der Waals surface area contributed by atoms with Gasteiger partial charge in [0.15, 0.2) is 0 Å². The van der Waals surface area contributed by atoms with Gasteiger partial charge in [0, 0.05) is 8.96 Å². The van der Waals surface area contributed by atoms with Crippen LogP contribution in [0.3, 0.4) is 0 Å². The highest BCUT2D eigenvalue weighted by Crippen LogP contribution is 2.35. The van der Waals surface area contributed by atoms with Gasteiger partial charge in [0.25, 0.3) is 0 Å². The highest BCUT2D eigenvalue weighted by molar-refractivity contribution is 9.12. The van der Waals surface area contributed by atoms with E-state index in [-0.39, 0.29) is 0 Å². The van der Waals surface area contributed by atoms with Crippen LogP contribution < -0.4 is 0 Å². The van der Waals surface area contributed by atoms with Crippen LogP contribution in [0.25, 0.3) is 0 Å². The molecule has 0 aromatic rings. The minimum Gasteiger partial charge on any atom is -0.0508 e. The Balaban J connectivity index is 2.49. The van der Waals surface area contributed by atoms with Gasteiger partial charge in [0.1, 0.15) is 0 Å². The second-order valence-electron chi connectivity index (χ2n) is 2.26. The molecule has 2 aliphatic carbocycles. The predicted molar refractivity (Wildman–Crippen MR) is 50.2 cm³/mol. The van der Waals surface area contributed by atoms with Gasteiger partial charge in [-0.25, -0.2) is 0 Å². The molecule has 0 N–H and O–H groups in total. The molecule has 0 radical (unpaired) electrons. The third kappa shape index (κ3) is 0.956. The summed E-state index contributed by atoms with van der Waals surface area (Å²) in [6.45, 7) is 0. The van der Waals surface area contributed by atoms with Crippen LogP contribution in [-0.4, -0.2) is 0 Å². The number of fused-ring (bicyclic) bond motifs is 1. The third-order valence-electron chi connectivity index (χ3n) is 1.51. The van der Waals surface area contributed by atoms with Crippen molar-refractivity contribution in [1.82, 2.24) is 0 Å². The van der Waals surface area contributed by atoms with Crippen molar-refractivity contribution in [2.24, 2.45) is 0 Å². The second-order valence-corrected chi connectivity index (χ2v) is 4.09. The molecule has 2 rings (SSSR count). The number of hydrogen-bond donors (Lipinski definition) is 0. The summed E-state index contributed by atoms with van der Waals surface area (Å²) in [6.07, 6.45) is 8.44. The molecule has 0 atom stereocenters. The van der Waals surface area contributed by atoms with Crippen molar-refractivity contribution in [3.63, 3.8) is 0 Å². The van der Waals surface area contributed by atoms with Gasteiger partial charge in [-0.2, -0.15) is 0 Å². The van der Waals surface area contributed by atoms with Crippen molar-refractivity contribution in [1.29, 1.82) is 0 Å². The first-order valence-corrected chi connectivity index (χ1v) is 4.52. The molecule has 0 saturated carbocycles. The molecular weight excluding hydrogens is 256 g/mol. The van der Waals surface area contributed by atoms with E-state index in [1.54, 1.807) is 0 Å². The Bertz CT molecular complexity index is 271. The van der Waals surface area contributed by atoms with E-state index in [9.17, 15) is 0 Å². The summed E-state index contributed by atoms with van der Waals surface area (Å²) in [5, 5.41) is 0. The van der Waals surface area contributed by atoms with Gasteiger partial charge >= 0.3 is 0 Å². The van der Waals surface area contributed by atoms with Gasteiger partial charge in [-0.15, -0.1) is 0 Å². The van der Waals surface area contributed by atoms with Crippen LogP contribution in [-0.2, 0) is 0 Å². The van der Waals surface area contributed by atoms with Crippen LogP contribution in [0.5, 0.6) is 0 Å². The summed E-state index contributed by atoms with van der Waals surface area (Å²) >= 11 is 6.83. The van der Waals surface area contributed by atoms with E-state index >= 15 is 0 Å². The lowest BCUT2D eigenvalue weighted by molar-refractivity contribution is 1.69. The average molecular weight is 260 g/mol. The Hall–Kier alpha value is -0.0800. The van der Waals surface area contributed by atoms with Crippen LogP contribution in [0.15, 0.2) is 44.4 Å². The summed E-state index contributed by atoms with van der Waals surface area (Å²) < 4.78 is 2.31. The molecule has 0 saturated heterocycles. The van der Waals surface area contributed by atoms with E-state index in [0.717, 1.165) is 8.96 Å². The van der Waals surface area contributed by atoms with E-state index in [4.69, 9.17) is 0 Å². The van der Waals surface area contributed by atoms with Gasteiger partial charge in [0.05, 0.1) is 0 Å². The lowest BCUT2D eigenvalue weighted by Gasteiger charge is -1.85. The van der Waals surface area contributed by atoms with Crippen molar-refractivity contribution in [2.45, 2.75) is 0 Å². The number of halogens is 2. The van der Waals surface area contributed by atoms with E-state index in [1.165, 1.54) is 11.1 Å². The minimum atomic E-state index is 1.16. The zero-order valence-electron chi connectivity index (χ0n) is 5.07. The fraction of sp³-hybridized carbons (Fsp3) is 0. The fourth-order valence-corrected chi connectivity index (χ4v) is 2.08. The van der Waals surface area contributed by atoms with E-state index in [0.29, 0.717) is 0 Å². The smallest absolute Gasteiger partial charge is 0.0187 e. The molecule has 0 amide bonds. The lowest BCUT2D eigenvalue weighted by Crippen LogP contribution is -1.67. The maximum absolute atomic E-state index is 3.41. The maximum Gasteiger partial charge on any atom is 0.0187 e. The zero-order valence-corrected chi connectivity index (χ0v) is 8.24. The number of allylic oxidation sites excluding steroid dienone is 8. The van der Waals surface area contributed by atoms with Crippen molar-refractivity contribution in [2.75, 3.05) is 0 Å². The second kappa shape index (κ2) is 2.21.